The van der Waals surface area contributed by atoms with Crippen LogP contribution in [0.5, 0.6) is 11.5 Å². The van der Waals surface area contributed by atoms with Gasteiger partial charge in [-0.15, -0.1) is 11.3 Å². The Balaban J connectivity index is 1.33. The monoisotopic (exact) mass is 607 g/mol. The molecule has 6 nitrogen and oxygen atoms in total. The Morgan fingerprint density at radius 3 is 2.79 bits per heavy atom. The maximum atomic E-state index is 13.1. The van der Waals surface area contributed by atoms with E-state index in [0.717, 1.165) is 29.3 Å². The molecule has 0 radical (unpaired) electrons. The highest BCUT2D eigenvalue weighted by molar-refractivity contribution is 14.1. The van der Waals surface area contributed by atoms with E-state index in [4.69, 9.17) is 9.47 Å². The van der Waals surface area contributed by atoms with Crippen LogP contribution in [0.1, 0.15) is 11.1 Å². The van der Waals surface area contributed by atoms with Crippen LogP contribution in [0.2, 0.25) is 0 Å². The fraction of sp³-hybridized carbons (Fsp3) is 0.125. The smallest absolute Gasteiger partial charge is 0.250 e. The van der Waals surface area contributed by atoms with E-state index >= 15 is 0 Å². The Labute approximate surface area is 217 Å². The van der Waals surface area contributed by atoms with Crippen molar-refractivity contribution in [3.8, 4) is 11.5 Å². The Morgan fingerprint density at radius 1 is 1.24 bits per heavy atom. The number of methoxy groups -OCH3 is 1. The first-order valence-electron chi connectivity index (χ1n) is 10.1. The summed E-state index contributed by atoms with van der Waals surface area (Å²) in [7, 11) is 1.55. The molecule has 4 rings (SSSR count). The number of hydrogen-bond acceptors (Lipinski definition) is 7. The predicted molar refractivity (Wildman–Crippen MR) is 143 cm³/mol. The minimum atomic E-state index is -0.290. The van der Waals surface area contributed by atoms with Crippen molar-refractivity contribution in [2.45, 2.75) is 10.9 Å². The van der Waals surface area contributed by atoms with Crippen LogP contribution in [-0.4, -0.2) is 30.0 Å². The molecule has 10 heteroatoms. The largest absolute Gasteiger partial charge is 0.493 e. The number of benzene rings is 3. The number of aromatic nitrogens is 1. The van der Waals surface area contributed by atoms with Gasteiger partial charge in [-0.1, -0.05) is 36.0 Å². The minimum Gasteiger partial charge on any atom is -0.493 e. The van der Waals surface area contributed by atoms with Gasteiger partial charge in [0.2, 0.25) is 0 Å². The summed E-state index contributed by atoms with van der Waals surface area (Å²) in [5.74, 6) is 0.825. The lowest BCUT2D eigenvalue weighted by molar-refractivity contribution is -0.118. The number of para-hydroxylation sites is 1. The van der Waals surface area contributed by atoms with Gasteiger partial charge in [-0.2, -0.15) is 5.10 Å². The normalized spacial score (nSPS) is 11.1. The molecule has 174 valence electrons. The highest BCUT2D eigenvalue weighted by Crippen LogP contribution is 2.34. The first-order chi connectivity index (χ1) is 16.5. The van der Waals surface area contributed by atoms with E-state index in [1.807, 2.05) is 30.3 Å². The molecule has 34 heavy (non-hydrogen) atoms. The number of rotatable bonds is 9. The number of nitrogens with zero attached hydrogens (tertiary/aromatic N) is 2. The van der Waals surface area contributed by atoms with E-state index in [2.05, 4.69) is 38.1 Å². The predicted octanol–water partition coefficient (Wildman–Crippen LogP) is 5.87. The molecule has 0 spiro atoms. The van der Waals surface area contributed by atoms with Gasteiger partial charge in [0, 0.05) is 0 Å². The Kier molecular flexibility index (Phi) is 8.35. The number of carbonyl (C=O) groups is 1. The number of amides is 1. The second-order valence-electron chi connectivity index (χ2n) is 6.98. The number of hydrogen-bond donors (Lipinski definition) is 1. The van der Waals surface area contributed by atoms with Crippen molar-refractivity contribution in [1.82, 2.24) is 10.4 Å². The standard InChI is InChI=1S/C24H19FIN3O3S2/c1-31-20-11-16(10-18(26)23(20)32-13-15-6-8-17(25)9-7-15)12-27-29-22(30)14-33-24-28-19-4-2-3-5-21(19)34-24/h2-12H,13-14H2,1H3,(H,29,30)/b27-12-. The van der Waals surface area contributed by atoms with Gasteiger partial charge >= 0.3 is 0 Å². The number of hydrazone groups is 1. The Hall–Kier alpha value is -2.70. The summed E-state index contributed by atoms with van der Waals surface area (Å²) in [4.78, 5) is 16.7. The maximum absolute atomic E-state index is 13.1. The molecule has 0 aliphatic heterocycles. The molecule has 0 saturated carbocycles. The second-order valence-corrected chi connectivity index (χ2v) is 10.4. The van der Waals surface area contributed by atoms with Crippen LogP contribution in [0.3, 0.4) is 0 Å². The zero-order valence-electron chi connectivity index (χ0n) is 18.0. The van der Waals surface area contributed by atoms with E-state index in [1.54, 1.807) is 42.9 Å². The van der Waals surface area contributed by atoms with Crippen molar-refractivity contribution in [2.75, 3.05) is 12.9 Å². The van der Waals surface area contributed by atoms with Crippen LogP contribution in [-0.2, 0) is 11.4 Å². The van der Waals surface area contributed by atoms with Gasteiger partial charge in [0.05, 0.1) is 32.9 Å². The number of ether oxygens (including phenoxy) is 2. The first kappa shape index (κ1) is 24.4. The summed E-state index contributed by atoms with van der Waals surface area (Å²) in [5.41, 5.74) is 5.06. The van der Waals surface area contributed by atoms with Crippen molar-refractivity contribution in [2.24, 2.45) is 5.10 Å². The summed E-state index contributed by atoms with van der Waals surface area (Å²) >= 11 is 5.09. The zero-order valence-corrected chi connectivity index (χ0v) is 21.7. The number of fused-ring (bicyclic) bond motifs is 1. The lowest BCUT2D eigenvalue weighted by Gasteiger charge is -2.13. The molecular formula is C24H19FIN3O3S2. The summed E-state index contributed by atoms with van der Waals surface area (Å²) < 4.78 is 27.2. The molecule has 0 aliphatic rings. The van der Waals surface area contributed by atoms with Crippen molar-refractivity contribution in [3.63, 3.8) is 0 Å². The summed E-state index contributed by atoms with van der Waals surface area (Å²) in [6.07, 6.45) is 1.55. The molecule has 0 fully saturated rings. The number of carbonyl (C=O) groups excluding carboxylic acids is 1. The first-order valence-corrected chi connectivity index (χ1v) is 12.9. The van der Waals surface area contributed by atoms with E-state index in [-0.39, 0.29) is 24.1 Å². The van der Waals surface area contributed by atoms with Gasteiger partial charge in [0.15, 0.2) is 15.8 Å². The minimum absolute atomic E-state index is 0.216. The topological polar surface area (TPSA) is 72.8 Å². The van der Waals surface area contributed by atoms with E-state index in [9.17, 15) is 9.18 Å². The molecule has 3 aromatic carbocycles. The van der Waals surface area contributed by atoms with Gasteiger partial charge in [0.25, 0.3) is 5.91 Å². The van der Waals surface area contributed by atoms with Gasteiger partial charge in [-0.25, -0.2) is 14.8 Å². The summed E-state index contributed by atoms with van der Waals surface area (Å²) in [6.45, 7) is 0.280. The number of thiazole rings is 1. The van der Waals surface area contributed by atoms with E-state index in [0.29, 0.717) is 11.5 Å². The molecule has 1 N–H and O–H groups in total. The average molecular weight is 607 g/mol. The van der Waals surface area contributed by atoms with Crippen LogP contribution >= 0.6 is 45.7 Å². The number of nitrogens with one attached hydrogen (secondary N) is 1. The van der Waals surface area contributed by atoms with Crippen molar-refractivity contribution >= 4 is 68.0 Å². The molecule has 1 amide bonds. The van der Waals surface area contributed by atoms with Crippen LogP contribution in [0.4, 0.5) is 4.39 Å². The SMILES string of the molecule is COc1cc(/C=N\NC(=O)CSc2nc3ccccc3s2)cc(I)c1OCc1ccc(F)cc1. The fourth-order valence-corrected chi connectivity index (χ4v) is 5.58. The molecule has 0 unspecified atom stereocenters. The molecule has 0 saturated heterocycles. The lowest BCUT2D eigenvalue weighted by Crippen LogP contribution is -2.19. The van der Waals surface area contributed by atoms with Crippen molar-refractivity contribution in [3.05, 3.63) is 81.2 Å². The molecule has 0 bridgehead atoms. The highest BCUT2D eigenvalue weighted by atomic mass is 127. The third-order valence-corrected chi connectivity index (χ3v) is 7.53. The highest BCUT2D eigenvalue weighted by Gasteiger charge is 2.12. The van der Waals surface area contributed by atoms with Gasteiger partial charge in [-0.3, -0.25) is 4.79 Å². The van der Waals surface area contributed by atoms with Crippen molar-refractivity contribution < 1.29 is 18.7 Å². The van der Waals surface area contributed by atoms with E-state index < -0.39 is 0 Å². The molecule has 4 aromatic rings. The summed E-state index contributed by atoms with van der Waals surface area (Å²) in [5, 5.41) is 4.05. The van der Waals surface area contributed by atoms with Crippen LogP contribution in [0.25, 0.3) is 10.2 Å². The van der Waals surface area contributed by atoms with Crippen LogP contribution in [0.15, 0.2) is 70.1 Å². The molecular weight excluding hydrogens is 588 g/mol. The molecule has 0 atom stereocenters. The maximum Gasteiger partial charge on any atom is 0.250 e. The Morgan fingerprint density at radius 2 is 2.03 bits per heavy atom. The summed E-state index contributed by atoms with van der Waals surface area (Å²) in [6, 6.07) is 17.7. The van der Waals surface area contributed by atoms with Gasteiger partial charge in [0.1, 0.15) is 12.4 Å². The van der Waals surface area contributed by atoms with Gasteiger partial charge < -0.3 is 9.47 Å². The third kappa shape index (κ3) is 6.45. The lowest BCUT2D eigenvalue weighted by atomic mass is 10.2. The second kappa shape index (κ2) is 11.6. The quantitative estimate of drug-likeness (QED) is 0.112. The fourth-order valence-electron chi connectivity index (χ4n) is 2.94. The van der Waals surface area contributed by atoms with Crippen molar-refractivity contribution in [1.29, 1.82) is 0 Å². The van der Waals surface area contributed by atoms with Crippen LogP contribution < -0.4 is 14.9 Å². The van der Waals surface area contributed by atoms with Gasteiger partial charge in [-0.05, 0) is 70.1 Å². The molecule has 0 aliphatic carbocycles. The number of thioether (sulfide) groups is 1. The molecule has 1 heterocycles. The van der Waals surface area contributed by atoms with E-state index in [1.165, 1.54) is 23.9 Å². The Bertz CT molecular complexity index is 1300. The third-order valence-electron chi connectivity index (χ3n) is 4.55. The van der Waals surface area contributed by atoms with Crippen LogP contribution in [0, 0.1) is 9.39 Å². The average Bonchev–Trinajstić information content (AvgIpc) is 3.26. The zero-order chi connectivity index (χ0) is 23.9. The number of halogens is 2. The molecule has 1 aromatic heterocycles.